The van der Waals surface area contributed by atoms with Crippen LogP contribution in [0.1, 0.15) is 23.7 Å². The highest BCUT2D eigenvalue weighted by Crippen LogP contribution is 2.29. The minimum Gasteiger partial charge on any atom is -0.474 e. The lowest BCUT2D eigenvalue weighted by Gasteiger charge is -2.22. The molecule has 4 heteroatoms. The van der Waals surface area contributed by atoms with Crippen molar-refractivity contribution >= 4 is 5.69 Å². The number of hydrogen-bond acceptors (Lipinski definition) is 3. The molecule has 0 N–H and O–H groups in total. The molecule has 0 atom stereocenters. The summed E-state index contributed by atoms with van der Waals surface area (Å²) in [5.41, 5.74) is 5.97. The predicted octanol–water partition coefficient (Wildman–Crippen LogP) is 4.14. The molecule has 0 saturated heterocycles. The van der Waals surface area contributed by atoms with Crippen molar-refractivity contribution in [3.63, 3.8) is 0 Å². The molecule has 1 aliphatic heterocycles. The highest BCUT2D eigenvalue weighted by Gasteiger charge is 2.23. The van der Waals surface area contributed by atoms with Gasteiger partial charge in [0.15, 0.2) is 0 Å². The fourth-order valence-corrected chi connectivity index (χ4v) is 3.31. The van der Waals surface area contributed by atoms with Crippen molar-refractivity contribution in [1.29, 1.82) is 0 Å². The second-order valence-electron chi connectivity index (χ2n) is 6.41. The molecule has 4 nitrogen and oxygen atoms in total. The van der Waals surface area contributed by atoms with E-state index in [0.29, 0.717) is 6.61 Å². The molecule has 128 valence electrons. The van der Waals surface area contributed by atoms with Gasteiger partial charge in [0, 0.05) is 5.69 Å². The molecule has 1 aromatic heterocycles. The van der Waals surface area contributed by atoms with Crippen molar-refractivity contribution in [2.45, 2.75) is 26.8 Å². The average molecular weight is 333 g/mol. The van der Waals surface area contributed by atoms with Crippen LogP contribution < -0.4 is 9.64 Å². The fraction of sp³-hybridized carbons (Fsp3) is 0.286. The largest absolute Gasteiger partial charge is 0.474 e. The number of rotatable bonds is 3. The summed E-state index contributed by atoms with van der Waals surface area (Å²) in [4.78, 5) is 2.37. The SMILES string of the molecule is CCc1ccc(N2CCOc3nn(-c4ccccc4)c(C)c3C2)cc1. The van der Waals surface area contributed by atoms with E-state index in [1.807, 2.05) is 22.9 Å². The second-order valence-corrected chi connectivity index (χ2v) is 6.41. The van der Waals surface area contributed by atoms with Crippen LogP contribution in [0.2, 0.25) is 0 Å². The molecule has 0 radical (unpaired) electrons. The molecule has 1 aliphatic rings. The lowest BCUT2D eigenvalue weighted by molar-refractivity contribution is 0.316. The molecular weight excluding hydrogens is 310 g/mol. The molecular formula is C21H23N3O. The third-order valence-corrected chi connectivity index (χ3v) is 4.86. The van der Waals surface area contributed by atoms with Crippen molar-refractivity contribution < 1.29 is 4.74 Å². The van der Waals surface area contributed by atoms with Gasteiger partial charge in [0.1, 0.15) is 6.61 Å². The van der Waals surface area contributed by atoms with E-state index < -0.39 is 0 Å². The van der Waals surface area contributed by atoms with Gasteiger partial charge in [-0.2, -0.15) is 0 Å². The summed E-state index contributed by atoms with van der Waals surface area (Å²) in [5, 5.41) is 4.70. The molecule has 3 aromatic rings. The number of ether oxygens (including phenoxy) is 1. The maximum atomic E-state index is 5.95. The summed E-state index contributed by atoms with van der Waals surface area (Å²) in [7, 11) is 0. The van der Waals surface area contributed by atoms with E-state index in [1.54, 1.807) is 0 Å². The number of nitrogens with zero attached hydrogens (tertiary/aromatic N) is 3. The van der Waals surface area contributed by atoms with Crippen LogP contribution in [-0.2, 0) is 13.0 Å². The van der Waals surface area contributed by atoms with Gasteiger partial charge < -0.3 is 9.64 Å². The zero-order chi connectivity index (χ0) is 17.2. The average Bonchev–Trinajstić information content (AvgIpc) is 2.84. The Morgan fingerprint density at radius 2 is 1.76 bits per heavy atom. The van der Waals surface area contributed by atoms with Gasteiger partial charge in [0.05, 0.1) is 30.0 Å². The molecule has 0 amide bonds. The molecule has 25 heavy (non-hydrogen) atoms. The number of aromatic nitrogens is 2. The first-order valence-electron chi connectivity index (χ1n) is 8.87. The van der Waals surface area contributed by atoms with E-state index in [4.69, 9.17) is 9.84 Å². The summed E-state index contributed by atoms with van der Waals surface area (Å²) in [6.07, 6.45) is 1.07. The maximum Gasteiger partial charge on any atom is 0.238 e. The number of fused-ring (bicyclic) bond motifs is 1. The van der Waals surface area contributed by atoms with E-state index in [-0.39, 0.29) is 0 Å². The number of anilines is 1. The third kappa shape index (κ3) is 3.00. The number of benzene rings is 2. The Balaban J connectivity index is 1.67. The second kappa shape index (κ2) is 6.63. The maximum absolute atomic E-state index is 5.95. The Kier molecular flexibility index (Phi) is 4.18. The van der Waals surface area contributed by atoms with Crippen LogP contribution in [0.4, 0.5) is 5.69 Å². The van der Waals surface area contributed by atoms with Crippen LogP contribution in [0.15, 0.2) is 54.6 Å². The predicted molar refractivity (Wildman–Crippen MR) is 101 cm³/mol. The number of aryl methyl sites for hydroxylation is 1. The van der Waals surface area contributed by atoms with Crippen LogP contribution in [0.25, 0.3) is 5.69 Å². The third-order valence-electron chi connectivity index (χ3n) is 4.86. The van der Waals surface area contributed by atoms with Gasteiger partial charge in [-0.25, -0.2) is 4.68 Å². The van der Waals surface area contributed by atoms with Gasteiger partial charge in [0.2, 0.25) is 5.88 Å². The normalized spacial score (nSPS) is 13.9. The molecule has 0 spiro atoms. The number of para-hydroxylation sites is 1. The van der Waals surface area contributed by atoms with Gasteiger partial charge in [-0.1, -0.05) is 37.3 Å². The van der Waals surface area contributed by atoms with E-state index in [1.165, 1.54) is 16.8 Å². The van der Waals surface area contributed by atoms with Gasteiger partial charge >= 0.3 is 0 Å². The van der Waals surface area contributed by atoms with Crippen molar-refractivity contribution in [2.24, 2.45) is 0 Å². The van der Waals surface area contributed by atoms with Gasteiger partial charge in [0.25, 0.3) is 0 Å². The Hall–Kier alpha value is -2.75. The summed E-state index contributed by atoms with van der Waals surface area (Å²) in [6, 6.07) is 19.1. The minimum atomic E-state index is 0.647. The van der Waals surface area contributed by atoms with Crippen molar-refractivity contribution in [2.75, 3.05) is 18.1 Å². The molecule has 2 aromatic carbocycles. The lowest BCUT2D eigenvalue weighted by atomic mass is 10.1. The zero-order valence-electron chi connectivity index (χ0n) is 14.8. The quantitative estimate of drug-likeness (QED) is 0.721. The number of hydrogen-bond donors (Lipinski definition) is 0. The summed E-state index contributed by atoms with van der Waals surface area (Å²) >= 11 is 0. The van der Waals surface area contributed by atoms with Crippen molar-refractivity contribution in [3.05, 3.63) is 71.4 Å². The first-order chi connectivity index (χ1) is 12.3. The monoisotopic (exact) mass is 333 g/mol. The first kappa shape index (κ1) is 15.8. The Labute approximate surface area is 148 Å². The molecule has 0 saturated carbocycles. The van der Waals surface area contributed by atoms with Crippen LogP contribution in [0, 0.1) is 6.92 Å². The standard InChI is InChI=1S/C21H23N3O/c1-3-17-9-11-18(12-10-17)23-13-14-25-21-20(15-23)16(2)24(22-21)19-7-5-4-6-8-19/h4-12H,3,13-15H2,1-2H3. The van der Waals surface area contributed by atoms with E-state index in [0.717, 1.165) is 36.8 Å². The Morgan fingerprint density at radius 1 is 1.00 bits per heavy atom. The molecule has 0 fully saturated rings. The van der Waals surface area contributed by atoms with Crippen molar-refractivity contribution in [3.8, 4) is 11.6 Å². The highest BCUT2D eigenvalue weighted by atomic mass is 16.5. The molecule has 2 heterocycles. The lowest BCUT2D eigenvalue weighted by Crippen LogP contribution is -2.25. The molecule has 0 aliphatic carbocycles. The minimum absolute atomic E-state index is 0.647. The van der Waals surface area contributed by atoms with Gasteiger partial charge in [-0.3, -0.25) is 0 Å². The van der Waals surface area contributed by atoms with Gasteiger partial charge in [-0.15, -0.1) is 5.10 Å². The van der Waals surface area contributed by atoms with Crippen LogP contribution in [-0.4, -0.2) is 22.9 Å². The van der Waals surface area contributed by atoms with E-state index in [2.05, 4.69) is 55.1 Å². The Morgan fingerprint density at radius 3 is 2.48 bits per heavy atom. The Bertz CT molecular complexity index is 853. The molecule has 0 unspecified atom stereocenters. The van der Waals surface area contributed by atoms with Gasteiger partial charge in [-0.05, 0) is 43.2 Å². The fourth-order valence-electron chi connectivity index (χ4n) is 3.31. The van der Waals surface area contributed by atoms with Crippen molar-refractivity contribution in [1.82, 2.24) is 9.78 Å². The summed E-state index contributed by atoms with van der Waals surface area (Å²) in [6.45, 7) is 6.63. The topological polar surface area (TPSA) is 30.3 Å². The summed E-state index contributed by atoms with van der Waals surface area (Å²) in [5.74, 6) is 0.758. The van der Waals surface area contributed by atoms with E-state index in [9.17, 15) is 0 Å². The zero-order valence-corrected chi connectivity index (χ0v) is 14.8. The summed E-state index contributed by atoms with van der Waals surface area (Å²) < 4.78 is 7.93. The highest BCUT2D eigenvalue weighted by molar-refractivity contribution is 5.51. The van der Waals surface area contributed by atoms with Crippen LogP contribution in [0.3, 0.4) is 0 Å². The van der Waals surface area contributed by atoms with Crippen LogP contribution >= 0.6 is 0 Å². The molecule has 0 bridgehead atoms. The molecule has 4 rings (SSSR count). The smallest absolute Gasteiger partial charge is 0.238 e. The van der Waals surface area contributed by atoms with Crippen LogP contribution in [0.5, 0.6) is 5.88 Å². The van der Waals surface area contributed by atoms with E-state index >= 15 is 0 Å². The first-order valence-corrected chi connectivity index (χ1v) is 8.87.